The zero-order valence-corrected chi connectivity index (χ0v) is 43.9. The molecule has 0 aromatic rings. The first-order valence-corrected chi connectivity index (χ1v) is 26.2. The lowest BCUT2D eigenvalue weighted by atomic mass is 9.80. The first-order chi connectivity index (χ1) is 33.4. The standard InChI is InChI=1S/C56H88N2O12/c1-11-12-13-19-30-68-47-28-25-42(34-49(47)66-9)33-44(57)46-27-23-37(3)32-40(6)51(60)52(67-10)50(59)39(5)31-36(2)20-15-14-16-21-38(4)48(65-8)35-43-26-24-41(7)56(64,70-43)53(61)54(62)58-29-18-17-22-45(58)55(63)69-46/h1,14-16,20-21,32,36-37,39,41-49,51-52,60,64H,12-13,17-19,22-31,33-35,57H2,2-10H3/b16-14+,20-15+,38-21+,40-32+/t36-,37+,39-,41-,42+,43+,44-,45+,46+,47-,48+,49-,51-,52+,56-/m1/s1. The molecule has 0 aromatic heterocycles. The van der Waals surface area contributed by atoms with E-state index in [2.05, 4.69) is 5.92 Å². The minimum absolute atomic E-state index is 0.0469. The average molecular weight is 981 g/mol. The number of nitrogens with zero attached hydrogens (tertiary/aromatic N) is 1. The average Bonchev–Trinajstić information content (AvgIpc) is 3.34. The van der Waals surface area contributed by atoms with Gasteiger partial charge in [-0.25, -0.2) is 4.79 Å². The van der Waals surface area contributed by atoms with E-state index in [4.69, 9.17) is 40.6 Å². The van der Waals surface area contributed by atoms with Gasteiger partial charge in [0.25, 0.3) is 11.7 Å². The number of allylic oxidation sites excluding steroid dienone is 6. The van der Waals surface area contributed by atoms with E-state index in [1.165, 1.54) is 12.0 Å². The molecule has 0 radical (unpaired) electrons. The summed E-state index contributed by atoms with van der Waals surface area (Å²) in [6.07, 6.45) is 22.5. The summed E-state index contributed by atoms with van der Waals surface area (Å²) >= 11 is 0. The summed E-state index contributed by atoms with van der Waals surface area (Å²) in [5, 5.41) is 23.5. The number of rotatable bonds is 11. The normalized spacial score (nSPS) is 38.2. The minimum Gasteiger partial charge on any atom is -0.459 e. The maximum Gasteiger partial charge on any atom is 0.329 e. The van der Waals surface area contributed by atoms with Crippen LogP contribution in [-0.4, -0.2) is 134 Å². The van der Waals surface area contributed by atoms with E-state index in [-0.39, 0.29) is 54.6 Å². The molecule has 15 atom stereocenters. The highest BCUT2D eigenvalue weighted by atomic mass is 16.6. The Morgan fingerprint density at radius 1 is 0.857 bits per heavy atom. The van der Waals surface area contributed by atoms with Gasteiger partial charge < -0.3 is 49.3 Å². The number of carbonyl (C=O) groups excluding carboxylic acids is 4. The molecule has 1 amide bonds. The molecule has 70 heavy (non-hydrogen) atoms. The van der Waals surface area contributed by atoms with Gasteiger partial charge in [0.2, 0.25) is 5.79 Å². The fourth-order valence-corrected chi connectivity index (χ4v) is 10.8. The number of carbonyl (C=O) groups is 4. The largest absolute Gasteiger partial charge is 0.459 e. The number of Topliss-reactive ketones (excluding diaryl/α,β-unsaturated/α-hetero) is 2. The van der Waals surface area contributed by atoms with E-state index in [0.29, 0.717) is 76.4 Å². The summed E-state index contributed by atoms with van der Waals surface area (Å²) in [5.74, 6) is -3.62. The summed E-state index contributed by atoms with van der Waals surface area (Å²) in [6.45, 7) is 12.1. The predicted molar refractivity (Wildman–Crippen MR) is 270 cm³/mol. The highest BCUT2D eigenvalue weighted by Gasteiger charge is 2.53. The highest BCUT2D eigenvalue weighted by Crippen LogP contribution is 2.37. The highest BCUT2D eigenvalue weighted by molar-refractivity contribution is 6.39. The molecule has 0 aromatic carbocycles. The van der Waals surface area contributed by atoms with Crippen molar-refractivity contribution in [2.45, 2.75) is 205 Å². The lowest BCUT2D eigenvalue weighted by Gasteiger charge is -2.42. The van der Waals surface area contributed by atoms with Crippen LogP contribution < -0.4 is 5.73 Å². The second-order valence-corrected chi connectivity index (χ2v) is 20.9. The van der Waals surface area contributed by atoms with Crippen molar-refractivity contribution in [2.24, 2.45) is 35.3 Å². The maximum atomic E-state index is 14.5. The number of cyclic esters (lactones) is 1. The number of piperidine rings is 1. The molecular weight excluding hydrogens is 893 g/mol. The summed E-state index contributed by atoms with van der Waals surface area (Å²) in [7, 11) is 4.72. The lowest BCUT2D eigenvalue weighted by Crippen LogP contribution is -2.61. The van der Waals surface area contributed by atoms with Gasteiger partial charge in [-0.1, -0.05) is 64.2 Å². The van der Waals surface area contributed by atoms with Crippen LogP contribution in [0.1, 0.15) is 144 Å². The van der Waals surface area contributed by atoms with Gasteiger partial charge in [0.05, 0.1) is 24.4 Å². The Kier molecular flexibility index (Phi) is 24.7. The van der Waals surface area contributed by atoms with Gasteiger partial charge in [-0.05, 0) is 133 Å². The molecule has 1 aliphatic carbocycles. The van der Waals surface area contributed by atoms with E-state index in [9.17, 15) is 29.4 Å². The molecule has 2 saturated heterocycles. The Hall–Kier alpha value is -3.52. The number of fused-ring (bicyclic) bond motifs is 3. The Morgan fingerprint density at radius 3 is 2.31 bits per heavy atom. The smallest absolute Gasteiger partial charge is 0.329 e. The first-order valence-electron chi connectivity index (χ1n) is 26.2. The van der Waals surface area contributed by atoms with Gasteiger partial charge in [-0.2, -0.15) is 0 Å². The van der Waals surface area contributed by atoms with E-state index in [1.54, 1.807) is 28.1 Å². The number of nitrogens with two attached hydrogens (primary N) is 1. The Labute approximate surface area is 419 Å². The van der Waals surface area contributed by atoms with Crippen molar-refractivity contribution >= 4 is 23.4 Å². The number of ether oxygens (including phenoxy) is 6. The third-order valence-electron chi connectivity index (χ3n) is 15.3. The number of amides is 1. The molecule has 3 heterocycles. The van der Waals surface area contributed by atoms with Crippen molar-refractivity contribution in [1.82, 2.24) is 4.90 Å². The second kappa shape index (κ2) is 29.2. The maximum absolute atomic E-state index is 14.5. The quantitative estimate of drug-likeness (QED) is 0.0606. The van der Waals surface area contributed by atoms with Crippen molar-refractivity contribution in [1.29, 1.82) is 0 Å². The van der Waals surface area contributed by atoms with Crippen LogP contribution >= 0.6 is 0 Å². The number of methoxy groups -OCH3 is 3. The molecule has 3 fully saturated rings. The number of terminal acetylenes is 1. The molecule has 394 valence electrons. The third-order valence-corrected chi connectivity index (χ3v) is 15.3. The molecule has 2 bridgehead atoms. The molecule has 4 N–H and O–H groups in total. The predicted octanol–water partition coefficient (Wildman–Crippen LogP) is 7.52. The molecular formula is C56H88N2O12. The molecule has 1 saturated carbocycles. The Bertz CT molecular complexity index is 1860. The topological polar surface area (TPSA) is 193 Å². The SMILES string of the molecule is C#CCCCCO[C@@H]1CC[C@@H](C[C@@H](N)[C@@H]2CC[C@H](C)/C=C(\C)[C@@H](O)[C@@H](OC)C(=O)[C@H](C)C[C@H](C)/C=C/C=C/C=C(\C)[C@@H](OC)C[C@@H]3CC[C@@H](C)[C@@](O)(O3)C(=O)C(=O)N3CCCC[C@H]3C(=O)O2)C[C@H]1OC. The van der Waals surface area contributed by atoms with Crippen LogP contribution in [0, 0.1) is 41.9 Å². The van der Waals surface area contributed by atoms with Crippen molar-refractivity contribution in [3.05, 3.63) is 47.6 Å². The van der Waals surface area contributed by atoms with Gasteiger partial charge >= 0.3 is 5.97 Å². The van der Waals surface area contributed by atoms with Crippen molar-refractivity contribution < 1.29 is 57.8 Å². The van der Waals surface area contributed by atoms with E-state index >= 15 is 0 Å². The molecule has 14 nitrogen and oxygen atoms in total. The van der Waals surface area contributed by atoms with Gasteiger partial charge in [0.15, 0.2) is 5.78 Å². The van der Waals surface area contributed by atoms with Gasteiger partial charge in [-0.3, -0.25) is 14.4 Å². The fourth-order valence-electron chi connectivity index (χ4n) is 10.8. The zero-order chi connectivity index (χ0) is 51.5. The van der Waals surface area contributed by atoms with Crippen molar-refractivity contribution in [2.75, 3.05) is 34.5 Å². The van der Waals surface area contributed by atoms with E-state index < -0.39 is 72.0 Å². The first kappa shape index (κ1) is 59.0. The van der Waals surface area contributed by atoms with Crippen LogP contribution in [0.5, 0.6) is 0 Å². The lowest BCUT2D eigenvalue weighted by molar-refractivity contribution is -0.265. The van der Waals surface area contributed by atoms with Crippen molar-refractivity contribution in [3.8, 4) is 12.3 Å². The molecule has 0 unspecified atom stereocenters. The summed E-state index contributed by atoms with van der Waals surface area (Å²) in [5.41, 5.74) is 8.55. The number of esters is 1. The molecule has 4 rings (SSSR count). The monoisotopic (exact) mass is 981 g/mol. The van der Waals surface area contributed by atoms with Crippen LogP contribution in [0.15, 0.2) is 47.6 Å². The summed E-state index contributed by atoms with van der Waals surface area (Å²) in [4.78, 5) is 58.1. The zero-order valence-electron chi connectivity index (χ0n) is 43.9. The number of aliphatic hydroxyl groups is 2. The molecule has 4 aliphatic rings. The fraction of sp³-hybridized carbons (Fsp3) is 0.750. The molecule has 14 heteroatoms. The summed E-state index contributed by atoms with van der Waals surface area (Å²) < 4.78 is 36.2. The Morgan fingerprint density at radius 2 is 1.61 bits per heavy atom. The number of aliphatic hydroxyl groups excluding tert-OH is 1. The number of hydrogen-bond acceptors (Lipinski definition) is 13. The van der Waals surface area contributed by atoms with E-state index in [1.807, 2.05) is 64.2 Å². The van der Waals surface area contributed by atoms with Crippen molar-refractivity contribution in [3.63, 3.8) is 0 Å². The van der Waals surface area contributed by atoms with Gasteiger partial charge in [0.1, 0.15) is 24.4 Å². The minimum atomic E-state index is -2.40. The van der Waals surface area contributed by atoms with Crippen LogP contribution in [0.3, 0.4) is 0 Å². The molecule has 3 aliphatic heterocycles. The third kappa shape index (κ3) is 16.8. The molecule has 0 spiro atoms. The Balaban J connectivity index is 1.64. The van der Waals surface area contributed by atoms with Crippen LogP contribution in [-0.2, 0) is 47.6 Å². The number of unbranched alkanes of at least 4 members (excludes halogenated alkanes) is 2. The van der Waals surface area contributed by atoms with E-state index in [0.717, 1.165) is 37.7 Å². The number of hydrogen-bond donors (Lipinski definition) is 3. The second-order valence-electron chi connectivity index (χ2n) is 20.9. The van der Waals surface area contributed by atoms with Gasteiger partial charge in [0, 0.05) is 65.2 Å². The van der Waals surface area contributed by atoms with Crippen LogP contribution in [0.4, 0.5) is 0 Å². The van der Waals surface area contributed by atoms with Gasteiger partial charge in [-0.15, -0.1) is 12.3 Å². The van der Waals surface area contributed by atoms with Crippen LogP contribution in [0.2, 0.25) is 0 Å². The summed E-state index contributed by atoms with van der Waals surface area (Å²) in [6, 6.07) is -1.65. The van der Waals surface area contributed by atoms with Crippen LogP contribution in [0.25, 0.3) is 0 Å². The number of ketones is 2.